The van der Waals surface area contributed by atoms with Gasteiger partial charge in [0, 0.05) is 32.7 Å². The van der Waals surface area contributed by atoms with E-state index in [1.807, 2.05) is 7.05 Å². The second-order valence-electron chi connectivity index (χ2n) is 7.19. The van der Waals surface area contributed by atoms with Crippen LogP contribution >= 0.6 is 0 Å². The highest BCUT2D eigenvalue weighted by Gasteiger charge is 2.43. The molecule has 8 heteroatoms. The number of aromatic nitrogens is 4. The van der Waals surface area contributed by atoms with Gasteiger partial charge in [-0.2, -0.15) is 15.1 Å². The molecule has 0 amide bonds. The van der Waals surface area contributed by atoms with E-state index >= 15 is 0 Å². The van der Waals surface area contributed by atoms with Crippen molar-refractivity contribution in [2.75, 3.05) is 43.5 Å². The number of morpholine rings is 1. The van der Waals surface area contributed by atoms with Crippen molar-refractivity contribution in [1.29, 1.82) is 0 Å². The molecule has 4 heterocycles. The normalized spacial score (nSPS) is 28.3. The number of nitrogens with zero attached hydrogens (tertiary/aromatic N) is 6. The Morgan fingerprint density at radius 1 is 1.21 bits per heavy atom. The van der Waals surface area contributed by atoms with Gasteiger partial charge in [0.2, 0.25) is 5.95 Å². The molecule has 0 radical (unpaired) electrons. The maximum atomic E-state index is 6.11. The molecule has 0 spiro atoms. The Kier molecular flexibility index (Phi) is 3.18. The molecule has 3 aliphatic rings. The molecule has 3 fully saturated rings. The van der Waals surface area contributed by atoms with Gasteiger partial charge in [-0.3, -0.25) is 9.58 Å². The van der Waals surface area contributed by atoms with Crippen molar-refractivity contribution in [1.82, 2.24) is 24.6 Å². The summed E-state index contributed by atoms with van der Waals surface area (Å²) in [7, 11) is 1.88. The van der Waals surface area contributed by atoms with Gasteiger partial charge in [0.25, 0.3) is 0 Å². The number of fused-ring (bicyclic) bond motifs is 2. The summed E-state index contributed by atoms with van der Waals surface area (Å²) in [5, 5.41) is 5.05. The van der Waals surface area contributed by atoms with Crippen molar-refractivity contribution in [2.24, 2.45) is 13.0 Å². The summed E-state index contributed by atoms with van der Waals surface area (Å²) in [6, 6.07) is 1.03. The highest BCUT2D eigenvalue weighted by molar-refractivity contribution is 5.86. The van der Waals surface area contributed by atoms with E-state index in [2.05, 4.69) is 19.9 Å². The Morgan fingerprint density at radius 3 is 2.92 bits per heavy atom. The monoisotopic (exact) mass is 329 g/mol. The van der Waals surface area contributed by atoms with E-state index in [-0.39, 0.29) is 0 Å². The van der Waals surface area contributed by atoms with Crippen LogP contribution < -0.4 is 10.6 Å². The highest BCUT2D eigenvalue weighted by Crippen LogP contribution is 2.38. The van der Waals surface area contributed by atoms with Gasteiger partial charge in [-0.25, -0.2) is 0 Å². The fourth-order valence-electron chi connectivity index (χ4n) is 4.12. The second-order valence-corrected chi connectivity index (χ2v) is 7.19. The summed E-state index contributed by atoms with van der Waals surface area (Å²) in [5.41, 5.74) is 6.90. The zero-order chi connectivity index (χ0) is 16.3. The first kappa shape index (κ1) is 14.4. The molecule has 0 unspecified atom stereocenters. The van der Waals surface area contributed by atoms with Gasteiger partial charge in [-0.15, -0.1) is 0 Å². The molecule has 2 aliphatic heterocycles. The topological polar surface area (TPSA) is 85.3 Å². The fraction of sp³-hybridized carbons (Fsp3) is 0.688. The van der Waals surface area contributed by atoms with Crippen LogP contribution in [0.15, 0.2) is 6.20 Å². The Hall–Kier alpha value is -1.93. The molecule has 24 heavy (non-hydrogen) atoms. The van der Waals surface area contributed by atoms with Crippen LogP contribution in [0.25, 0.3) is 11.0 Å². The van der Waals surface area contributed by atoms with Gasteiger partial charge in [-0.1, -0.05) is 0 Å². The summed E-state index contributed by atoms with van der Waals surface area (Å²) in [4.78, 5) is 14.1. The number of anilines is 2. The first-order chi connectivity index (χ1) is 11.7. The third-order valence-electron chi connectivity index (χ3n) is 5.61. The molecule has 2 aromatic heterocycles. The Morgan fingerprint density at radius 2 is 2.08 bits per heavy atom. The molecular formula is C16H23N7O. The summed E-state index contributed by atoms with van der Waals surface area (Å²) in [5.74, 6) is 2.05. The Labute approximate surface area is 140 Å². The van der Waals surface area contributed by atoms with Crippen molar-refractivity contribution in [3.63, 3.8) is 0 Å². The molecule has 0 bridgehead atoms. The number of piperazine rings is 1. The number of ether oxygens (including phenoxy) is 1. The number of rotatable bonds is 2. The van der Waals surface area contributed by atoms with Gasteiger partial charge >= 0.3 is 0 Å². The predicted molar refractivity (Wildman–Crippen MR) is 90.8 cm³/mol. The fourth-order valence-corrected chi connectivity index (χ4v) is 4.12. The van der Waals surface area contributed by atoms with Crippen LogP contribution in [0.2, 0.25) is 0 Å². The summed E-state index contributed by atoms with van der Waals surface area (Å²) >= 11 is 0. The van der Waals surface area contributed by atoms with Crippen LogP contribution in [0.4, 0.5) is 11.8 Å². The van der Waals surface area contributed by atoms with Crippen molar-refractivity contribution in [2.45, 2.75) is 24.9 Å². The molecule has 1 saturated carbocycles. The van der Waals surface area contributed by atoms with E-state index in [1.54, 1.807) is 10.9 Å². The first-order valence-electron chi connectivity index (χ1n) is 8.74. The zero-order valence-electron chi connectivity index (χ0n) is 13.9. The minimum Gasteiger partial charge on any atom is -0.383 e. The van der Waals surface area contributed by atoms with Gasteiger partial charge < -0.3 is 15.4 Å². The van der Waals surface area contributed by atoms with Crippen LogP contribution in [0.1, 0.15) is 12.8 Å². The molecule has 2 atom stereocenters. The third kappa shape index (κ3) is 2.24. The maximum Gasteiger partial charge on any atom is 0.229 e. The second kappa shape index (κ2) is 5.29. The van der Waals surface area contributed by atoms with E-state index < -0.39 is 0 Å². The molecular weight excluding hydrogens is 306 g/mol. The number of hydrogen-bond donors (Lipinski definition) is 1. The van der Waals surface area contributed by atoms with Crippen LogP contribution in [-0.2, 0) is 11.8 Å². The van der Waals surface area contributed by atoms with Gasteiger partial charge in [0.1, 0.15) is 5.82 Å². The molecule has 2 aromatic rings. The Bertz CT molecular complexity index is 771. The smallest absolute Gasteiger partial charge is 0.229 e. The number of nitrogens with two attached hydrogens (primary N) is 1. The quantitative estimate of drug-likeness (QED) is 0.845. The van der Waals surface area contributed by atoms with Crippen molar-refractivity contribution >= 4 is 22.8 Å². The van der Waals surface area contributed by atoms with E-state index in [1.165, 1.54) is 12.8 Å². The molecule has 2 saturated heterocycles. The molecule has 128 valence electrons. The molecule has 1 aliphatic carbocycles. The largest absolute Gasteiger partial charge is 0.383 e. The molecule has 2 N–H and O–H groups in total. The average Bonchev–Trinajstić information content (AvgIpc) is 3.37. The van der Waals surface area contributed by atoms with E-state index in [0.717, 1.165) is 49.8 Å². The Balaban J connectivity index is 1.41. The SMILES string of the molecule is Cn1ncc2c(N)nc(N3CCN4[C@@H](COC[C@@H]4C4CC4)C3)nc21. The molecule has 8 nitrogen and oxygen atoms in total. The molecule has 0 aromatic carbocycles. The lowest BCUT2D eigenvalue weighted by Gasteiger charge is -2.48. The van der Waals surface area contributed by atoms with Crippen LogP contribution in [-0.4, -0.2) is 69.6 Å². The van der Waals surface area contributed by atoms with E-state index in [4.69, 9.17) is 15.5 Å². The summed E-state index contributed by atoms with van der Waals surface area (Å²) in [6.45, 7) is 4.56. The lowest BCUT2D eigenvalue weighted by Crippen LogP contribution is -2.62. The lowest BCUT2D eigenvalue weighted by molar-refractivity contribution is -0.0604. The summed E-state index contributed by atoms with van der Waals surface area (Å²) in [6.07, 6.45) is 4.44. The summed E-state index contributed by atoms with van der Waals surface area (Å²) < 4.78 is 7.64. The predicted octanol–water partition coefficient (Wildman–Crippen LogP) is 0.245. The molecule has 5 rings (SSSR count). The van der Waals surface area contributed by atoms with Crippen molar-refractivity contribution in [3.8, 4) is 0 Å². The number of nitrogen functional groups attached to an aromatic ring is 1. The maximum absolute atomic E-state index is 6.11. The lowest BCUT2D eigenvalue weighted by atomic mass is 10.0. The van der Waals surface area contributed by atoms with Gasteiger partial charge in [-0.05, 0) is 18.8 Å². The van der Waals surface area contributed by atoms with Gasteiger partial charge in [0.15, 0.2) is 5.65 Å². The first-order valence-corrected chi connectivity index (χ1v) is 8.74. The van der Waals surface area contributed by atoms with Crippen LogP contribution in [0.5, 0.6) is 0 Å². The minimum atomic E-state index is 0.421. The van der Waals surface area contributed by atoms with E-state index in [0.29, 0.717) is 23.8 Å². The number of hydrogen-bond acceptors (Lipinski definition) is 7. The highest BCUT2D eigenvalue weighted by atomic mass is 16.5. The number of aryl methyl sites for hydroxylation is 1. The third-order valence-corrected chi connectivity index (χ3v) is 5.61. The average molecular weight is 329 g/mol. The van der Waals surface area contributed by atoms with E-state index in [9.17, 15) is 0 Å². The van der Waals surface area contributed by atoms with Crippen molar-refractivity contribution in [3.05, 3.63) is 6.20 Å². The minimum absolute atomic E-state index is 0.421. The van der Waals surface area contributed by atoms with Crippen molar-refractivity contribution < 1.29 is 4.74 Å². The zero-order valence-corrected chi connectivity index (χ0v) is 13.9. The van der Waals surface area contributed by atoms with Crippen LogP contribution in [0, 0.1) is 5.92 Å². The van der Waals surface area contributed by atoms with Crippen LogP contribution in [0.3, 0.4) is 0 Å². The standard InChI is InChI=1S/C16H23N7O/c1-21-15-12(6-18-21)14(17)19-16(20-15)22-4-5-23-11(7-22)8-24-9-13(23)10-2-3-10/h6,10-11,13H,2-5,7-9H2,1H3,(H2,17,19,20)/t11-,13-/m1/s1. The van der Waals surface area contributed by atoms with Gasteiger partial charge in [0.05, 0.1) is 30.8 Å².